The van der Waals surface area contributed by atoms with Gasteiger partial charge in [-0.25, -0.2) is 0 Å². The predicted molar refractivity (Wildman–Crippen MR) is 115 cm³/mol. The number of carbonyl (C=O) groups is 2. The van der Waals surface area contributed by atoms with Crippen LogP contribution in [0.25, 0.3) is 0 Å². The van der Waals surface area contributed by atoms with Crippen LogP contribution in [0, 0.1) is 5.92 Å². The molecule has 0 fully saturated rings. The van der Waals surface area contributed by atoms with Crippen molar-refractivity contribution in [2.75, 3.05) is 19.6 Å². The molecule has 7 heteroatoms. The summed E-state index contributed by atoms with van der Waals surface area (Å²) in [5.74, 6) is -0.215. The predicted octanol–water partition coefficient (Wildman–Crippen LogP) is 5.03. The highest BCUT2D eigenvalue weighted by Crippen LogP contribution is 2.41. The Bertz CT molecular complexity index is 881. The number of halogens is 2. The molecule has 3 rings (SSSR count). The van der Waals surface area contributed by atoms with Crippen molar-refractivity contribution in [1.82, 2.24) is 9.80 Å². The van der Waals surface area contributed by atoms with Crippen LogP contribution >= 0.6 is 34.5 Å². The minimum Gasteiger partial charge on any atom is -0.333 e. The fourth-order valence-electron chi connectivity index (χ4n) is 3.61. The highest BCUT2D eigenvalue weighted by Gasteiger charge is 2.35. The maximum atomic E-state index is 13.3. The Morgan fingerprint density at radius 2 is 2.00 bits per heavy atom. The maximum absolute atomic E-state index is 13.3. The van der Waals surface area contributed by atoms with Gasteiger partial charge in [0.05, 0.1) is 12.6 Å². The Kier molecular flexibility index (Phi) is 6.69. The Morgan fingerprint density at radius 3 is 2.64 bits per heavy atom. The number of likely N-dealkylation sites (N-methyl/N-ethyl adjacent to an activating group) is 1. The van der Waals surface area contributed by atoms with Crippen LogP contribution in [0.1, 0.15) is 42.8 Å². The number of thiophene rings is 1. The summed E-state index contributed by atoms with van der Waals surface area (Å²) in [6.07, 6.45) is 0.810. The normalized spacial score (nSPS) is 16.2. The summed E-state index contributed by atoms with van der Waals surface area (Å²) in [5, 5.41) is 3.16. The molecule has 150 valence electrons. The monoisotopic (exact) mass is 438 g/mol. The third-order valence-electron chi connectivity index (χ3n) is 5.06. The molecule has 0 saturated carbocycles. The first-order valence-electron chi connectivity index (χ1n) is 9.43. The summed E-state index contributed by atoms with van der Waals surface area (Å²) < 4.78 is 0. The first-order valence-corrected chi connectivity index (χ1v) is 11.1. The van der Waals surface area contributed by atoms with E-state index in [9.17, 15) is 9.59 Å². The molecular weight excluding hydrogens is 415 g/mol. The largest absolute Gasteiger partial charge is 0.333 e. The van der Waals surface area contributed by atoms with E-state index >= 15 is 0 Å². The lowest BCUT2D eigenvalue weighted by Crippen LogP contribution is -2.47. The Balaban J connectivity index is 1.94. The van der Waals surface area contributed by atoms with Crippen molar-refractivity contribution in [2.24, 2.45) is 5.92 Å². The van der Waals surface area contributed by atoms with E-state index in [2.05, 4.69) is 11.4 Å². The Labute approximate surface area is 180 Å². The van der Waals surface area contributed by atoms with Gasteiger partial charge in [0, 0.05) is 33.9 Å². The fourth-order valence-corrected chi connectivity index (χ4v) is 5.02. The van der Waals surface area contributed by atoms with E-state index in [1.807, 2.05) is 31.7 Å². The van der Waals surface area contributed by atoms with E-state index in [0.717, 1.165) is 17.5 Å². The van der Waals surface area contributed by atoms with Crippen LogP contribution in [0.5, 0.6) is 0 Å². The molecule has 0 saturated heterocycles. The van der Waals surface area contributed by atoms with Crippen LogP contribution < -0.4 is 0 Å². The number of amides is 2. The average molecular weight is 439 g/mol. The molecule has 28 heavy (non-hydrogen) atoms. The van der Waals surface area contributed by atoms with E-state index < -0.39 is 0 Å². The van der Waals surface area contributed by atoms with Gasteiger partial charge in [0.1, 0.15) is 0 Å². The van der Waals surface area contributed by atoms with Crippen LogP contribution in [0.2, 0.25) is 10.0 Å². The Hall–Kier alpha value is -1.56. The van der Waals surface area contributed by atoms with Gasteiger partial charge in [-0.15, -0.1) is 11.3 Å². The second-order valence-corrected chi connectivity index (χ2v) is 9.06. The molecular formula is C21H24Cl2N2O2S. The quantitative estimate of drug-likeness (QED) is 0.656. The first kappa shape index (κ1) is 21.2. The molecule has 1 aromatic heterocycles. The second-order valence-electron chi connectivity index (χ2n) is 7.21. The molecule has 0 aliphatic carbocycles. The topological polar surface area (TPSA) is 40.6 Å². The molecule has 1 aliphatic heterocycles. The molecule has 1 aliphatic rings. The highest BCUT2D eigenvalue weighted by molar-refractivity contribution is 7.10. The van der Waals surface area contributed by atoms with Gasteiger partial charge in [-0.2, -0.15) is 0 Å². The third-order valence-corrected chi connectivity index (χ3v) is 6.62. The van der Waals surface area contributed by atoms with Gasteiger partial charge in [0.25, 0.3) is 0 Å². The van der Waals surface area contributed by atoms with Crippen LogP contribution in [-0.4, -0.2) is 41.2 Å². The van der Waals surface area contributed by atoms with Gasteiger partial charge in [0.15, 0.2) is 0 Å². The zero-order chi connectivity index (χ0) is 20.4. The first-order chi connectivity index (χ1) is 13.3. The minimum atomic E-state index is -0.264. The van der Waals surface area contributed by atoms with Crippen molar-refractivity contribution < 1.29 is 9.59 Å². The fraction of sp³-hybridized carbons (Fsp3) is 0.429. The summed E-state index contributed by atoms with van der Waals surface area (Å²) >= 11 is 14.3. The van der Waals surface area contributed by atoms with Crippen LogP contribution in [0.3, 0.4) is 0 Å². The molecule has 0 N–H and O–H groups in total. The average Bonchev–Trinajstić information content (AvgIpc) is 3.13. The highest BCUT2D eigenvalue weighted by atomic mass is 35.5. The zero-order valence-electron chi connectivity index (χ0n) is 16.2. The summed E-state index contributed by atoms with van der Waals surface area (Å²) in [6, 6.07) is 7.19. The smallest absolute Gasteiger partial charge is 0.242 e. The van der Waals surface area contributed by atoms with Gasteiger partial charge in [-0.1, -0.05) is 43.1 Å². The summed E-state index contributed by atoms with van der Waals surface area (Å²) in [4.78, 5) is 30.4. The van der Waals surface area contributed by atoms with Gasteiger partial charge in [-0.05, 0) is 48.1 Å². The maximum Gasteiger partial charge on any atom is 0.242 e. The summed E-state index contributed by atoms with van der Waals surface area (Å²) in [6.45, 7) is 6.79. The van der Waals surface area contributed by atoms with Crippen LogP contribution in [0.4, 0.5) is 0 Å². The van der Waals surface area contributed by atoms with Gasteiger partial charge in [0.2, 0.25) is 11.8 Å². The van der Waals surface area contributed by atoms with Crippen molar-refractivity contribution in [3.8, 4) is 0 Å². The zero-order valence-corrected chi connectivity index (χ0v) is 18.6. The molecule has 1 atom stereocenters. The Morgan fingerprint density at radius 1 is 1.25 bits per heavy atom. The lowest BCUT2D eigenvalue weighted by atomic mass is 9.93. The molecule has 1 unspecified atom stereocenters. The molecule has 1 aromatic carbocycles. The van der Waals surface area contributed by atoms with Gasteiger partial charge >= 0.3 is 0 Å². The molecule has 2 heterocycles. The number of benzene rings is 1. The standard InChI is InChI=1S/C21H24Cl2N2O2S/c1-4-24(21(27)13(2)3)12-19(26)25-9-7-18-16(8-10-28-18)20(25)15-6-5-14(22)11-17(15)23/h5-6,8,10-11,13,20H,4,7,9,12H2,1-3H3. The van der Waals surface area contributed by atoms with E-state index in [1.165, 1.54) is 4.88 Å². The van der Waals surface area contributed by atoms with Crippen LogP contribution in [0.15, 0.2) is 29.6 Å². The lowest BCUT2D eigenvalue weighted by Gasteiger charge is -2.38. The van der Waals surface area contributed by atoms with Crippen molar-refractivity contribution >= 4 is 46.4 Å². The van der Waals surface area contributed by atoms with Crippen molar-refractivity contribution in [3.05, 3.63) is 55.7 Å². The lowest BCUT2D eigenvalue weighted by molar-refractivity contribution is -0.143. The molecule has 2 amide bonds. The number of rotatable bonds is 5. The SMILES string of the molecule is CCN(CC(=O)N1CCc2sccc2C1c1ccc(Cl)cc1Cl)C(=O)C(C)C. The summed E-state index contributed by atoms with van der Waals surface area (Å²) in [5.41, 5.74) is 1.96. The summed E-state index contributed by atoms with van der Waals surface area (Å²) in [7, 11) is 0. The number of fused-ring (bicyclic) bond motifs is 1. The number of nitrogens with zero attached hydrogens (tertiary/aromatic N) is 2. The molecule has 0 bridgehead atoms. The number of hydrogen-bond acceptors (Lipinski definition) is 3. The van der Waals surface area contributed by atoms with E-state index in [1.54, 1.807) is 28.4 Å². The van der Waals surface area contributed by atoms with Crippen molar-refractivity contribution in [2.45, 2.75) is 33.2 Å². The van der Waals surface area contributed by atoms with E-state index in [-0.39, 0.29) is 30.3 Å². The van der Waals surface area contributed by atoms with E-state index in [4.69, 9.17) is 23.2 Å². The second kappa shape index (κ2) is 8.85. The molecule has 4 nitrogen and oxygen atoms in total. The molecule has 0 spiro atoms. The third kappa shape index (κ3) is 4.22. The molecule has 0 radical (unpaired) electrons. The van der Waals surface area contributed by atoms with Crippen LogP contribution in [-0.2, 0) is 16.0 Å². The number of carbonyl (C=O) groups excluding carboxylic acids is 2. The minimum absolute atomic E-state index is 0.00911. The van der Waals surface area contributed by atoms with Gasteiger partial charge < -0.3 is 9.80 Å². The van der Waals surface area contributed by atoms with Crippen molar-refractivity contribution in [3.63, 3.8) is 0 Å². The number of hydrogen-bond donors (Lipinski definition) is 0. The van der Waals surface area contributed by atoms with Crippen molar-refractivity contribution in [1.29, 1.82) is 0 Å². The molecule has 2 aromatic rings. The van der Waals surface area contributed by atoms with Gasteiger partial charge in [-0.3, -0.25) is 9.59 Å². The van der Waals surface area contributed by atoms with E-state index in [0.29, 0.717) is 23.1 Å².